The normalized spacial score (nSPS) is 34.7. The van der Waals surface area contributed by atoms with Crippen molar-refractivity contribution in [3.63, 3.8) is 0 Å². The zero-order valence-electron chi connectivity index (χ0n) is 9.97. The maximum Gasteiger partial charge on any atom is 0.106 e. The van der Waals surface area contributed by atoms with Crippen molar-refractivity contribution in [1.82, 2.24) is 10.2 Å². The zero-order valence-corrected chi connectivity index (χ0v) is 9.97. The minimum atomic E-state index is 0.168. The molecule has 5 nitrogen and oxygen atoms in total. The fourth-order valence-corrected chi connectivity index (χ4v) is 2.41. The van der Waals surface area contributed by atoms with Crippen LogP contribution >= 0.6 is 0 Å². The summed E-state index contributed by atoms with van der Waals surface area (Å²) in [7, 11) is 0. The molecule has 0 spiro atoms. The Morgan fingerprint density at radius 1 is 1.44 bits per heavy atom. The molecule has 0 aromatic heterocycles. The summed E-state index contributed by atoms with van der Waals surface area (Å²) in [6, 6.07) is 0.894. The summed E-state index contributed by atoms with van der Waals surface area (Å²) in [6.45, 7) is 4.17. The highest BCUT2D eigenvalue weighted by Crippen LogP contribution is 2.18. The van der Waals surface area contributed by atoms with Gasteiger partial charge in [0, 0.05) is 37.6 Å². The van der Waals surface area contributed by atoms with Crippen LogP contribution in [0.1, 0.15) is 26.2 Å². The first kappa shape index (κ1) is 11.8. The quantitative estimate of drug-likeness (QED) is 0.590. The Kier molecular flexibility index (Phi) is 3.78. The van der Waals surface area contributed by atoms with Gasteiger partial charge < -0.3 is 16.8 Å². The summed E-state index contributed by atoms with van der Waals surface area (Å²) in [4.78, 5) is 6.93. The van der Waals surface area contributed by atoms with Crippen LogP contribution in [0, 0.1) is 0 Å². The Labute approximate surface area is 97.3 Å². The Bertz CT molecular complexity index is 245. The molecular formula is C11H23N5. The van der Waals surface area contributed by atoms with Crippen LogP contribution in [0.5, 0.6) is 0 Å². The van der Waals surface area contributed by atoms with Crippen molar-refractivity contribution in [1.29, 1.82) is 0 Å². The summed E-state index contributed by atoms with van der Waals surface area (Å²) in [5.41, 5.74) is 11.8. The van der Waals surface area contributed by atoms with E-state index in [1.165, 1.54) is 0 Å². The molecule has 2 heterocycles. The summed E-state index contributed by atoms with van der Waals surface area (Å²) in [5.74, 6) is 0. The predicted molar refractivity (Wildman–Crippen MR) is 66.3 cm³/mol. The van der Waals surface area contributed by atoms with E-state index >= 15 is 0 Å². The SMILES string of the molecule is CC(N)C1CC(N2CCC(N)CC2)N=CN1. The van der Waals surface area contributed by atoms with Crippen LogP contribution in [-0.4, -0.2) is 48.6 Å². The van der Waals surface area contributed by atoms with Gasteiger partial charge >= 0.3 is 0 Å². The van der Waals surface area contributed by atoms with Crippen molar-refractivity contribution in [3.05, 3.63) is 0 Å². The van der Waals surface area contributed by atoms with Crippen molar-refractivity contribution < 1.29 is 0 Å². The van der Waals surface area contributed by atoms with E-state index in [0.717, 1.165) is 32.4 Å². The van der Waals surface area contributed by atoms with Gasteiger partial charge in [-0.15, -0.1) is 0 Å². The molecule has 0 radical (unpaired) electrons. The highest BCUT2D eigenvalue weighted by molar-refractivity contribution is 5.56. The molecular weight excluding hydrogens is 202 g/mol. The van der Waals surface area contributed by atoms with Gasteiger partial charge in [0.2, 0.25) is 0 Å². The number of nitrogens with two attached hydrogens (primary N) is 2. The fraction of sp³-hybridized carbons (Fsp3) is 0.909. The minimum absolute atomic E-state index is 0.168. The standard InChI is InChI=1S/C11H23N5/c1-8(12)10-6-11(15-7-14-10)16-4-2-9(13)3-5-16/h7-11H,2-6,12-13H2,1H3,(H,14,15). The van der Waals surface area contributed by atoms with Crippen LogP contribution in [0.15, 0.2) is 4.99 Å². The summed E-state index contributed by atoms with van der Waals surface area (Å²) in [6.07, 6.45) is 5.29. The van der Waals surface area contributed by atoms with Crippen molar-refractivity contribution in [2.24, 2.45) is 16.5 Å². The average Bonchev–Trinajstić information content (AvgIpc) is 2.30. The molecule has 0 aromatic rings. The van der Waals surface area contributed by atoms with Crippen LogP contribution in [-0.2, 0) is 0 Å². The molecule has 0 saturated carbocycles. The first-order chi connectivity index (χ1) is 7.66. The summed E-state index contributed by atoms with van der Waals surface area (Å²) in [5, 5.41) is 3.23. The maximum atomic E-state index is 5.92. The molecule has 1 fully saturated rings. The smallest absolute Gasteiger partial charge is 0.106 e. The first-order valence-electron chi connectivity index (χ1n) is 6.19. The highest BCUT2D eigenvalue weighted by atomic mass is 15.3. The molecule has 5 N–H and O–H groups in total. The Hall–Kier alpha value is -0.650. The highest BCUT2D eigenvalue weighted by Gasteiger charge is 2.28. The molecule has 5 heteroatoms. The third-order valence-electron chi connectivity index (χ3n) is 3.63. The summed E-state index contributed by atoms with van der Waals surface area (Å²) >= 11 is 0. The maximum absolute atomic E-state index is 5.92. The molecule has 3 atom stereocenters. The second-order valence-corrected chi connectivity index (χ2v) is 5.00. The molecule has 0 aliphatic carbocycles. The molecule has 2 aliphatic heterocycles. The van der Waals surface area contributed by atoms with Gasteiger partial charge in [-0.3, -0.25) is 9.89 Å². The van der Waals surface area contributed by atoms with Crippen molar-refractivity contribution in [3.8, 4) is 0 Å². The molecule has 0 amide bonds. The molecule has 1 saturated heterocycles. The van der Waals surface area contributed by atoms with Gasteiger partial charge in [-0.1, -0.05) is 0 Å². The number of likely N-dealkylation sites (tertiary alicyclic amines) is 1. The lowest BCUT2D eigenvalue weighted by atomic mass is 10.0. The molecule has 0 bridgehead atoms. The van der Waals surface area contributed by atoms with E-state index in [1.54, 1.807) is 0 Å². The van der Waals surface area contributed by atoms with Gasteiger partial charge in [-0.05, 0) is 19.8 Å². The topological polar surface area (TPSA) is 79.7 Å². The summed E-state index contributed by atoms with van der Waals surface area (Å²) < 4.78 is 0. The molecule has 2 rings (SSSR count). The minimum Gasteiger partial charge on any atom is -0.372 e. The van der Waals surface area contributed by atoms with E-state index in [9.17, 15) is 0 Å². The Morgan fingerprint density at radius 2 is 2.12 bits per heavy atom. The Morgan fingerprint density at radius 3 is 2.75 bits per heavy atom. The van der Waals surface area contributed by atoms with Crippen molar-refractivity contribution >= 4 is 6.34 Å². The number of hydrogen-bond donors (Lipinski definition) is 3. The lowest BCUT2D eigenvalue weighted by Crippen LogP contribution is -2.53. The van der Waals surface area contributed by atoms with E-state index in [0.29, 0.717) is 18.2 Å². The van der Waals surface area contributed by atoms with Gasteiger partial charge in [-0.2, -0.15) is 0 Å². The zero-order chi connectivity index (χ0) is 11.5. The van der Waals surface area contributed by atoms with Gasteiger partial charge in [0.1, 0.15) is 6.17 Å². The molecule has 92 valence electrons. The van der Waals surface area contributed by atoms with Crippen LogP contribution in [0.2, 0.25) is 0 Å². The lowest BCUT2D eigenvalue weighted by molar-refractivity contribution is 0.136. The van der Waals surface area contributed by atoms with E-state index in [2.05, 4.69) is 15.2 Å². The second-order valence-electron chi connectivity index (χ2n) is 5.00. The van der Waals surface area contributed by atoms with Gasteiger partial charge in [-0.25, -0.2) is 0 Å². The molecule has 3 unspecified atom stereocenters. The van der Waals surface area contributed by atoms with Gasteiger partial charge in [0.05, 0.1) is 6.34 Å². The predicted octanol–water partition coefficient (Wildman–Crippen LogP) is -0.527. The fourth-order valence-electron chi connectivity index (χ4n) is 2.41. The van der Waals surface area contributed by atoms with Gasteiger partial charge in [0.25, 0.3) is 0 Å². The van der Waals surface area contributed by atoms with E-state index in [1.807, 2.05) is 13.3 Å². The average molecular weight is 225 g/mol. The number of piperidine rings is 1. The van der Waals surface area contributed by atoms with E-state index < -0.39 is 0 Å². The first-order valence-corrected chi connectivity index (χ1v) is 6.19. The van der Waals surface area contributed by atoms with Crippen molar-refractivity contribution in [2.75, 3.05) is 13.1 Å². The number of hydrogen-bond acceptors (Lipinski definition) is 5. The Balaban J connectivity index is 1.90. The lowest BCUT2D eigenvalue weighted by Gasteiger charge is -2.38. The molecule has 16 heavy (non-hydrogen) atoms. The number of nitrogens with zero attached hydrogens (tertiary/aromatic N) is 2. The van der Waals surface area contributed by atoms with E-state index in [-0.39, 0.29) is 6.04 Å². The van der Waals surface area contributed by atoms with Crippen LogP contribution < -0.4 is 16.8 Å². The molecule has 0 aromatic carbocycles. The van der Waals surface area contributed by atoms with Crippen molar-refractivity contribution in [2.45, 2.75) is 50.5 Å². The van der Waals surface area contributed by atoms with Crippen LogP contribution in [0.3, 0.4) is 0 Å². The van der Waals surface area contributed by atoms with E-state index in [4.69, 9.17) is 11.5 Å². The number of rotatable bonds is 2. The second kappa shape index (κ2) is 5.12. The largest absolute Gasteiger partial charge is 0.372 e. The van der Waals surface area contributed by atoms with Crippen LogP contribution in [0.4, 0.5) is 0 Å². The number of nitrogens with one attached hydrogen (secondary N) is 1. The third kappa shape index (κ3) is 2.72. The third-order valence-corrected chi connectivity index (χ3v) is 3.63. The molecule has 2 aliphatic rings. The van der Waals surface area contributed by atoms with Gasteiger partial charge in [0.15, 0.2) is 0 Å². The number of aliphatic imine (C=N–C) groups is 1. The van der Waals surface area contributed by atoms with Crippen LogP contribution in [0.25, 0.3) is 0 Å². The monoisotopic (exact) mass is 225 g/mol.